The molecule has 25 heavy (non-hydrogen) atoms. The number of rotatable bonds is 3. The molecule has 6 nitrogen and oxygen atoms in total. The van der Waals surface area contributed by atoms with E-state index in [1.165, 1.54) is 13.2 Å². The number of phenolic OH excluding ortho intramolecular Hbond substituents is 1. The number of aromatic hydroxyl groups is 1. The van der Waals surface area contributed by atoms with Gasteiger partial charge in [-0.2, -0.15) is 0 Å². The summed E-state index contributed by atoms with van der Waals surface area (Å²) in [5.41, 5.74) is 2.50. The summed E-state index contributed by atoms with van der Waals surface area (Å²) in [7, 11) is 1.50. The van der Waals surface area contributed by atoms with Crippen molar-refractivity contribution in [2.24, 2.45) is 5.92 Å². The van der Waals surface area contributed by atoms with Gasteiger partial charge in [0, 0.05) is 12.0 Å². The van der Waals surface area contributed by atoms with Crippen molar-refractivity contribution in [1.29, 1.82) is 0 Å². The van der Waals surface area contributed by atoms with Gasteiger partial charge < -0.3 is 15.2 Å². The third-order valence-electron chi connectivity index (χ3n) is 5.13. The van der Waals surface area contributed by atoms with Crippen LogP contribution in [0.4, 0.5) is 11.4 Å². The SMILES string of the molecule is COc1ccc(C2Nc3c(cccc3[N+](=O)[O-])C3C=CCC32)cc1O. The number of benzene rings is 2. The Kier molecular flexibility index (Phi) is 3.60. The number of ether oxygens (including phenoxy) is 1. The second-order valence-electron chi connectivity index (χ2n) is 6.41. The highest BCUT2D eigenvalue weighted by molar-refractivity contribution is 5.71. The van der Waals surface area contributed by atoms with Crippen molar-refractivity contribution in [2.75, 3.05) is 12.4 Å². The standard InChI is InChI=1S/C19H18N2O4/c1-25-17-9-8-11(10-16(17)22)18-13-5-2-4-12(13)14-6-3-7-15(21(23)24)19(14)20-18/h2-4,6-10,12-13,18,20,22H,5H2,1H3. The number of nitrogens with zero attached hydrogens (tertiary/aromatic N) is 1. The molecule has 2 aromatic rings. The third-order valence-corrected chi connectivity index (χ3v) is 5.13. The smallest absolute Gasteiger partial charge is 0.292 e. The van der Waals surface area contributed by atoms with Crippen molar-refractivity contribution < 1.29 is 14.8 Å². The molecule has 6 heteroatoms. The van der Waals surface area contributed by atoms with E-state index in [1.807, 2.05) is 12.1 Å². The van der Waals surface area contributed by atoms with E-state index in [-0.39, 0.29) is 34.2 Å². The number of hydrogen-bond donors (Lipinski definition) is 2. The second kappa shape index (κ2) is 5.81. The van der Waals surface area contributed by atoms with E-state index in [2.05, 4.69) is 17.5 Å². The molecular formula is C19H18N2O4. The van der Waals surface area contributed by atoms with Gasteiger partial charge in [-0.3, -0.25) is 10.1 Å². The van der Waals surface area contributed by atoms with Crippen molar-refractivity contribution in [3.63, 3.8) is 0 Å². The van der Waals surface area contributed by atoms with Crippen molar-refractivity contribution in [2.45, 2.75) is 18.4 Å². The summed E-state index contributed by atoms with van der Waals surface area (Å²) >= 11 is 0. The molecule has 0 fully saturated rings. The average molecular weight is 338 g/mol. The minimum atomic E-state index is -0.354. The zero-order valence-corrected chi connectivity index (χ0v) is 13.7. The second-order valence-corrected chi connectivity index (χ2v) is 6.41. The Labute approximate surface area is 144 Å². The minimum Gasteiger partial charge on any atom is -0.504 e. The molecule has 0 saturated heterocycles. The molecule has 3 atom stereocenters. The van der Waals surface area contributed by atoms with E-state index >= 15 is 0 Å². The van der Waals surface area contributed by atoms with Crippen LogP contribution < -0.4 is 10.1 Å². The molecule has 0 radical (unpaired) electrons. The molecular weight excluding hydrogens is 320 g/mol. The van der Waals surface area contributed by atoms with Gasteiger partial charge in [0.25, 0.3) is 5.69 Å². The van der Waals surface area contributed by atoms with Gasteiger partial charge in [0.1, 0.15) is 5.69 Å². The summed E-state index contributed by atoms with van der Waals surface area (Å²) in [6, 6.07) is 10.4. The first-order valence-corrected chi connectivity index (χ1v) is 8.17. The summed E-state index contributed by atoms with van der Waals surface area (Å²) in [5.74, 6) is 0.859. The molecule has 0 saturated carbocycles. The first-order chi connectivity index (χ1) is 12.1. The molecule has 2 aliphatic rings. The van der Waals surface area contributed by atoms with Crippen LogP contribution in [0.2, 0.25) is 0 Å². The first-order valence-electron chi connectivity index (χ1n) is 8.17. The zero-order valence-electron chi connectivity index (χ0n) is 13.7. The number of nitro groups is 1. The quantitative estimate of drug-likeness (QED) is 0.499. The van der Waals surface area contributed by atoms with Crippen molar-refractivity contribution >= 4 is 11.4 Å². The maximum atomic E-state index is 11.4. The lowest BCUT2D eigenvalue weighted by molar-refractivity contribution is -0.384. The molecule has 1 aliphatic heterocycles. The number of para-hydroxylation sites is 1. The Bertz CT molecular complexity index is 878. The molecule has 1 aliphatic carbocycles. The van der Waals surface area contributed by atoms with Crippen molar-refractivity contribution in [3.05, 3.63) is 69.8 Å². The van der Waals surface area contributed by atoms with Gasteiger partial charge in [-0.25, -0.2) is 0 Å². The van der Waals surface area contributed by atoms with Gasteiger partial charge in [0.05, 0.1) is 18.1 Å². The molecule has 0 amide bonds. The normalized spacial score (nSPS) is 23.5. The number of anilines is 1. The van der Waals surface area contributed by atoms with Gasteiger partial charge in [0.2, 0.25) is 0 Å². The Morgan fingerprint density at radius 2 is 2.16 bits per heavy atom. The predicted molar refractivity (Wildman–Crippen MR) is 94.1 cm³/mol. The van der Waals surface area contributed by atoms with E-state index in [4.69, 9.17) is 4.74 Å². The number of hydrogen-bond acceptors (Lipinski definition) is 5. The largest absolute Gasteiger partial charge is 0.504 e. The van der Waals surface area contributed by atoms with Crippen LogP contribution in [-0.2, 0) is 0 Å². The fourth-order valence-electron chi connectivity index (χ4n) is 3.99. The van der Waals surface area contributed by atoms with E-state index in [9.17, 15) is 15.2 Å². The van der Waals surface area contributed by atoms with Crippen molar-refractivity contribution in [1.82, 2.24) is 0 Å². The van der Waals surface area contributed by atoms with Crippen LogP contribution >= 0.6 is 0 Å². The molecule has 128 valence electrons. The van der Waals surface area contributed by atoms with E-state index < -0.39 is 0 Å². The molecule has 2 aromatic carbocycles. The van der Waals surface area contributed by atoms with Crippen LogP contribution in [0, 0.1) is 16.0 Å². The Morgan fingerprint density at radius 3 is 2.88 bits per heavy atom. The van der Waals surface area contributed by atoms with Crippen LogP contribution in [0.1, 0.15) is 29.5 Å². The lowest BCUT2D eigenvalue weighted by atomic mass is 9.76. The van der Waals surface area contributed by atoms with Gasteiger partial charge in [-0.1, -0.05) is 30.4 Å². The summed E-state index contributed by atoms with van der Waals surface area (Å²) < 4.78 is 5.11. The maximum absolute atomic E-state index is 11.4. The highest BCUT2D eigenvalue weighted by atomic mass is 16.6. The van der Waals surface area contributed by atoms with Gasteiger partial charge in [-0.05, 0) is 35.6 Å². The summed E-state index contributed by atoms with van der Waals surface area (Å²) in [6.45, 7) is 0. The molecule has 4 rings (SSSR count). The number of allylic oxidation sites excluding steroid dienone is 2. The van der Waals surface area contributed by atoms with E-state index in [0.29, 0.717) is 11.4 Å². The predicted octanol–water partition coefficient (Wildman–Crippen LogP) is 4.14. The van der Waals surface area contributed by atoms with Crippen LogP contribution in [0.5, 0.6) is 11.5 Å². The van der Waals surface area contributed by atoms with Crippen LogP contribution in [0.25, 0.3) is 0 Å². The number of methoxy groups -OCH3 is 1. The highest BCUT2D eigenvalue weighted by Gasteiger charge is 2.40. The molecule has 3 unspecified atom stereocenters. The molecule has 2 N–H and O–H groups in total. The van der Waals surface area contributed by atoms with Crippen LogP contribution in [0.15, 0.2) is 48.6 Å². The molecule has 0 bridgehead atoms. The molecule has 0 spiro atoms. The van der Waals surface area contributed by atoms with Gasteiger partial charge in [0.15, 0.2) is 11.5 Å². The number of nitrogens with one attached hydrogen (secondary N) is 1. The van der Waals surface area contributed by atoms with Gasteiger partial charge >= 0.3 is 0 Å². The number of nitro benzene ring substituents is 1. The minimum absolute atomic E-state index is 0.0673. The summed E-state index contributed by atoms with van der Waals surface area (Å²) in [6.07, 6.45) is 5.14. The Balaban J connectivity index is 1.81. The maximum Gasteiger partial charge on any atom is 0.292 e. The monoisotopic (exact) mass is 338 g/mol. The molecule has 0 aromatic heterocycles. The fraction of sp³-hybridized carbons (Fsp3) is 0.263. The molecule has 1 heterocycles. The summed E-state index contributed by atoms with van der Waals surface area (Å²) in [4.78, 5) is 11.1. The first kappa shape index (κ1) is 15.5. The number of fused-ring (bicyclic) bond motifs is 3. The van der Waals surface area contributed by atoms with Crippen LogP contribution in [0.3, 0.4) is 0 Å². The Hall–Kier alpha value is -3.02. The lowest BCUT2D eigenvalue weighted by Crippen LogP contribution is -2.29. The summed E-state index contributed by atoms with van der Waals surface area (Å²) in [5, 5.41) is 24.9. The average Bonchev–Trinajstić information content (AvgIpc) is 3.10. The van der Waals surface area contributed by atoms with E-state index in [1.54, 1.807) is 18.2 Å². The number of phenols is 1. The van der Waals surface area contributed by atoms with Crippen molar-refractivity contribution in [3.8, 4) is 11.5 Å². The van der Waals surface area contributed by atoms with Gasteiger partial charge in [-0.15, -0.1) is 0 Å². The zero-order chi connectivity index (χ0) is 17.6. The van der Waals surface area contributed by atoms with Crippen LogP contribution in [-0.4, -0.2) is 17.1 Å². The fourth-order valence-corrected chi connectivity index (χ4v) is 3.99. The topological polar surface area (TPSA) is 84.6 Å². The third kappa shape index (κ3) is 2.41. The van der Waals surface area contributed by atoms with E-state index in [0.717, 1.165) is 17.5 Å². The Morgan fingerprint density at radius 1 is 1.32 bits per heavy atom. The lowest BCUT2D eigenvalue weighted by Gasteiger charge is -2.37. The highest BCUT2D eigenvalue weighted by Crippen LogP contribution is 2.52.